The van der Waals surface area contributed by atoms with Gasteiger partial charge >= 0.3 is 0 Å². The van der Waals surface area contributed by atoms with Crippen molar-refractivity contribution < 1.29 is 4.39 Å². The smallest absolute Gasteiger partial charge is 0.225 e. The maximum atomic E-state index is 13.1. The highest BCUT2D eigenvalue weighted by atomic mass is 32.1. The topological polar surface area (TPSA) is 32.3 Å². The Morgan fingerprint density at radius 2 is 2.00 bits per heavy atom. The minimum Gasteiger partial charge on any atom is -0.340 e. The van der Waals surface area contributed by atoms with Crippen LogP contribution < -0.4 is 4.90 Å². The Bertz CT molecular complexity index is 701. The molecule has 2 aromatic rings. The van der Waals surface area contributed by atoms with Crippen LogP contribution in [-0.4, -0.2) is 41.0 Å². The van der Waals surface area contributed by atoms with Gasteiger partial charge in [-0.15, -0.1) is 11.3 Å². The highest BCUT2D eigenvalue weighted by Gasteiger charge is 2.41. The summed E-state index contributed by atoms with van der Waals surface area (Å²) in [6.07, 6.45) is 6.19. The van der Waals surface area contributed by atoms with Crippen molar-refractivity contribution in [2.24, 2.45) is 5.41 Å². The van der Waals surface area contributed by atoms with Crippen LogP contribution >= 0.6 is 11.3 Å². The molecule has 24 heavy (non-hydrogen) atoms. The van der Waals surface area contributed by atoms with Crippen LogP contribution in [-0.2, 0) is 6.54 Å². The molecule has 0 aliphatic carbocycles. The van der Waals surface area contributed by atoms with E-state index < -0.39 is 0 Å². The Labute approximate surface area is 146 Å². The minimum absolute atomic E-state index is 0.336. The normalized spacial score (nSPS) is 24.8. The average molecular weight is 346 g/mol. The molecular formula is C18H23FN4S. The number of thiophene rings is 1. The van der Waals surface area contributed by atoms with E-state index in [2.05, 4.69) is 38.8 Å². The first-order valence-electron chi connectivity index (χ1n) is 8.62. The van der Waals surface area contributed by atoms with Crippen LogP contribution in [0, 0.1) is 18.2 Å². The fourth-order valence-electron chi connectivity index (χ4n) is 4.13. The molecule has 0 N–H and O–H groups in total. The van der Waals surface area contributed by atoms with Gasteiger partial charge in [-0.05, 0) is 44.9 Å². The molecule has 6 heteroatoms. The lowest BCUT2D eigenvalue weighted by Crippen LogP contribution is -2.45. The number of hydrogen-bond acceptors (Lipinski definition) is 5. The van der Waals surface area contributed by atoms with Gasteiger partial charge in [0.25, 0.3) is 0 Å². The monoisotopic (exact) mass is 346 g/mol. The van der Waals surface area contributed by atoms with Gasteiger partial charge in [0.05, 0.1) is 12.4 Å². The lowest BCUT2D eigenvalue weighted by Gasteiger charge is -2.40. The van der Waals surface area contributed by atoms with Crippen molar-refractivity contribution in [3.05, 3.63) is 40.1 Å². The molecule has 1 spiro atoms. The molecule has 4 nitrogen and oxygen atoms in total. The van der Waals surface area contributed by atoms with E-state index in [1.807, 2.05) is 11.3 Å². The van der Waals surface area contributed by atoms with E-state index in [9.17, 15) is 4.39 Å². The molecule has 2 aliphatic rings. The zero-order chi connectivity index (χ0) is 16.6. The molecule has 4 rings (SSSR count). The van der Waals surface area contributed by atoms with Crippen LogP contribution in [0.4, 0.5) is 10.3 Å². The average Bonchev–Trinajstić information content (AvgIpc) is 3.15. The molecule has 1 atom stereocenters. The quantitative estimate of drug-likeness (QED) is 0.852. The third-order valence-electron chi connectivity index (χ3n) is 5.24. The molecule has 0 saturated carbocycles. The zero-order valence-corrected chi connectivity index (χ0v) is 14.9. The standard InChI is InChI=1S/C18H23FN4S/c1-14-3-4-16(24-14)11-22-8-6-18(12-22)5-2-7-23(13-18)17-20-9-15(19)10-21-17/h3-4,9-10H,2,5-8,11-13H2,1H3/t18-/m0/s1. The Hall–Kier alpha value is -1.53. The molecule has 2 fully saturated rings. The summed E-state index contributed by atoms with van der Waals surface area (Å²) in [4.78, 5) is 16.0. The van der Waals surface area contributed by atoms with E-state index in [1.54, 1.807) is 0 Å². The van der Waals surface area contributed by atoms with Gasteiger partial charge in [0, 0.05) is 41.3 Å². The second-order valence-corrected chi connectivity index (χ2v) is 8.57. The van der Waals surface area contributed by atoms with Gasteiger partial charge in [0.1, 0.15) is 0 Å². The molecule has 128 valence electrons. The van der Waals surface area contributed by atoms with Crippen molar-refractivity contribution in [3.63, 3.8) is 0 Å². The fourth-order valence-corrected chi connectivity index (χ4v) is 5.07. The molecule has 2 aliphatic heterocycles. The number of nitrogens with zero attached hydrogens (tertiary/aromatic N) is 4. The summed E-state index contributed by atoms with van der Waals surface area (Å²) in [5, 5.41) is 0. The second kappa shape index (κ2) is 6.41. The Balaban J connectivity index is 1.42. The second-order valence-electron chi connectivity index (χ2n) is 7.20. The number of piperidine rings is 1. The van der Waals surface area contributed by atoms with Crippen molar-refractivity contribution >= 4 is 17.3 Å². The number of anilines is 1. The molecule has 2 aromatic heterocycles. The van der Waals surface area contributed by atoms with Gasteiger partial charge in [0.2, 0.25) is 5.95 Å². The summed E-state index contributed by atoms with van der Waals surface area (Å²) in [6.45, 7) is 7.49. The first kappa shape index (κ1) is 16.0. The predicted molar refractivity (Wildman–Crippen MR) is 94.8 cm³/mol. The Morgan fingerprint density at radius 1 is 1.17 bits per heavy atom. The van der Waals surface area contributed by atoms with Crippen molar-refractivity contribution in [3.8, 4) is 0 Å². The van der Waals surface area contributed by atoms with Crippen molar-refractivity contribution in [2.45, 2.75) is 32.7 Å². The van der Waals surface area contributed by atoms with Crippen LogP contribution in [0.25, 0.3) is 0 Å². The number of rotatable bonds is 3. The van der Waals surface area contributed by atoms with Gasteiger partial charge in [-0.25, -0.2) is 14.4 Å². The van der Waals surface area contributed by atoms with Crippen LogP contribution in [0.2, 0.25) is 0 Å². The van der Waals surface area contributed by atoms with Gasteiger partial charge in [0.15, 0.2) is 5.82 Å². The third-order valence-corrected chi connectivity index (χ3v) is 6.23. The number of likely N-dealkylation sites (tertiary alicyclic amines) is 1. The van der Waals surface area contributed by atoms with Crippen molar-refractivity contribution in [1.29, 1.82) is 0 Å². The molecular weight excluding hydrogens is 323 g/mol. The Kier molecular flexibility index (Phi) is 4.26. The van der Waals surface area contributed by atoms with E-state index in [1.165, 1.54) is 35.0 Å². The van der Waals surface area contributed by atoms with Crippen molar-refractivity contribution in [2.75, 3.05) is 31.1 Å². The van der Waals surface area contributed by atoms with Gasteiger partial charge in [-0.1, -0.05) is 0 Å². The summed E-state index contributed by atoms with van der Waals surface area (Å²) < 4.78 is 13.1. The van der Waals surface area contributed by atoms with E-state index in [4.69, 9.17) is 0 Å². The van der Waals surface area contributed by atoms with Crippen LogP contribution in [0.1, 0.15) is 29.0 Å². The molecule has 0 aromatic carbocycles. The summed E-state index contributed by atoms with van der Waals surface area (Å²) >= 11 is 1.90. The van der Waals surface area contributed by atoms with E-state index in [-0.39, 0.29) is 5.82 Å². The van der Waals surface area contributed by atoms with Gasteiger partial charge in [-0.2, -0.15) is 0 Å². The molecule has 4 heterocycles. The fraction of sp³-hybridized carbons (Fsp3) is 0.556. The SMILES string of the molecule is Cc1ccc(CN2CC[C@@]3(CCCN(c4ncc(F)cn4)C3)C2)s1. The first-order chi connectivity index (χ1) is 11.6. The van der Waals surface area contributed by atoms with Crippen LogP contribution in [0.3, 0.4) is 0 Å². The van der Waals surface area contributed by atoms with E-state index in [0.717, 1.165) is 39.1 Å². The third kappa shape index (κ3) is 3.30. The summed E-state index contributed by atoms with van der Waals surface area (Å²) in [6, 6.07) is 4.46. The van der Waals surface area contributed by atoms with Crippen molar-refractivity contribution in [1.82, 2.24) is 14.9 Å². The van der Waals surface area contributed by atoms with Crippen LogP contribution in [0.5, 0.6) is 0 Å². The van der Waals surface area contributed by atoms with Crippen LogP contribution in [0.15, 0.2) is 24.5 Å². The summed E-state index contributed by atoms with van der Waals surface area (Å²) in [7, 11) is 0. The number of hydrogen-bond donors (Lipinski definition) is 0. The molecule has 0 amide bonds. The highest BCUT2D eigenvalue weighted by molar-refractivity contribution is 7.11. The number of halogens is 1. The maximum Gasteiger partial charge on any atom is 0.225 e. The van der Waals surface area contributed by atoms with Gasteiger partial charge in [-0.3, -0.25) is 4.90 Å². The summed E-state index contributed by atoms with van der Waals surface area (Å²) in [5.41, 5.74) is 0.336. The molecule has 0 bridgehead atoms. The number of aromatic nitrogens is 2. The maximum absolute atomic E-state index is 13.1. The number of aryl methyl sites for hydroxylation is 1. The zero-order valence-electron chi connectivity index (χ0n) is 14.0. The Morgan fingerprint density at radius 3 is 2.75 bits per heavy atom. The lowest BCUT2D eigenvalue weighted by molar-refractivity contribution is 0.216. The van der Waals surface area contributed by atoms with E-state index >= 15 is 0 Å². The first-order valence-corrected chi connectivity index (χ1v) is 9.44. The molecule has 0 unspecified atom stereocenters. The largest absolute Gasteiger partial charge is 0.340 e. The molecule has 0 radical (unpaired) electrons. The highest BCUT2D eigenvalue weighted by Crippen LogP contribution is 2.40. The lowest BCUT2D eigenvalue weighted by atomic mass is 9.79. The summed E-state index contributed by atoms with van der Waals surface area (Å²) in [5.74, 6) is 0.298. The predicted octanol–water partition coefficient (Wildman–Crippen LogP) is 3.48. The molecule has 2 saturated heterocycles. The van der Waals surface area contributed by atoms with Gasteiger partial charge < -0.3 is 4.90 Å². The minimum atomic E-state index is -0.372. The van der Waals surface area contributed by atoms with E-state index in [0.29, 0.717) is 11.4 Å².